The summed E-state index contributed by atoms with van der Waals surface area (Å²) in [5.74, 6) is -0.916. The normalized spacial score (nSPS) is 10.4. The molecule has 2 aromatic heterocycles. The smallest absolute Gasteiger partial charge is 0.350 e. The summed E-state index contributed by atoms with van der Waals surface area (Å²) in [5.41, 5.74) is 0.765. The maximum absolute atomic E-state index is 12.0. The lowest BCUT2D eigenvalue weighted by Crippen LogP contribution is -2.11. The van der Waals surface area contributed by atoms with E-state index in [2.05, 4.69) is 15.0 Å². The number of rotatable bonds is 3. The van der Waals surface area contributed by atoms with Crippen molar-refractivity contribution in [1.82, 2.24) is 4.98 Å². The van der Waals surface area contributed by atoms with Crippen molar-refractivity contribution in [3.63, 3.8) is 0 Å². The fourth-order valence-electron chi connectivity index (χ4n) is 1.39. The van der Waals surface area contributed by atoms with E-state index in [-0.39, 0.29) is 5.56 Å². The third-order valence-corrected chi connectivity index (χ3v) is 4.83. The SMILES string of the molecule is COC(=O)c1sc(NC(=O)c2cc(Cl)sc2Cl)nc1C. The molecule has 106 valence electrons. The number of aromatic nitrogens is 1. The van der Waals surface area contributed by atoms with E-state index >= 15 is 0 Å². The number of hydrogen-bond donors (Lipinski definition) is 1. The molecule has 0 aromatic carbocycles. The average Bonchev–Trinajstić information content (AvgIpc) is 2.91. The Morgan fingerprint density at radius 1 is 1.35 bits per heavy atom. The number of amides is 1. The molecule has 2 aromatic rings. The Balaban J connectivity index is 2.20. The monoisotopic (exact) mass is 350 g/mol. The second-order valence-electron chi connectivity index (χ2n) is 3.62. The Bertz CT molecular complexity index is 681. The van der Waals surface area contributed by atoms with Crippen LogP contribution in [0.25, 0.3) is 0 Å². The molecule has 0 fully saturated rings. The van der Waals surface area contributed by atoms with E-state index in [9.17, 15) is 9.59 Å². The van der Waals surface area contributed by atoms with Crippen molar-refractivity contribution in [3.8, 4) is 0 Å². The molecule has 0 aliphatic heterocycles. The van der Waals surface area contributed by atoms with Gasteiger partial charge in [0.1, 0.15) is 9.21 Å². The van der Waals surface area contributed by atoms with Gasteiger partial charge in [0.2, 0.25) is 0 Å². The first kappa shape index (κ1) is 15.2. The minimum Gasteiger partial charge on any atom is -0.465 e. The van der Waals surface area contributed by atoms with Crippen LogP contribution in [0, 0.1) is 6.92 Å². The number of esters is 1. The summed E-state index contributed by atoms with van der Waals surface area (Å²) >= 11 is 13.8. The maximum Gasteiger partial charge on any atom is 0.350 e. The predicted octanol–water partition coefficient (Wildman–Crippen LogP) is 3.86. The number of aryl methyl sites for hydroxylation is 1. The molecule has 5 nitrogen and oxygen atoms in total. The highest BCUT2D eigenvalue weighted by Gasteiger charge is 2.19. The van der Waals surface area contributed by atoms with Crippen molar-refractivity contribution in [2.75, 3.05) is 12.4 Å². The molecule has 0 atom stereocenters. The van der Waals surface area contributed by atoms with Gasteiger partial charge in [0.25, 0.3) is 5.91 Å². The number of carbonyl (C=O) groups excluding carboxylic acids is 2. The lowest BCUT2D eigenvalue weighted by Gasteiger charge is -1.98. The third kappa shape index (κ3) is 3.12. The zero-order valence-corrected chi connectivity index (χ0v) is 13.5. The molecule has 0 unspecified atom stereocenters. The maximum atomic E-state index is 12.0. The van der Waals surface area contributed by atoms with E-state index in [0.29, 0.717) is 24.4 Å². The molecule has 0 aliphatic rings. The van der Waals surface area contributed by atoms with E-state index in [1.54, 1.807) is 6.92 Å². The first-order valence-corrected chi connectivity index (χ1v) is 7.63. The van der Waals surface area contributed by atoms with Crippen molar-refractivity contribution >= 4 is 62.9 Å². The van der Waals surface area contributed by atoms with E-state index in [0.717, 1.165) is 22.7 Å². The third-order valence-electron chi connectivity index (χ3n) is 2.29. The summed E-state index contributed by atoms with van der Waals surface area (Å²) in [4.78, 5) is 27.9. The number of carbonyl (C=O) groups is 2. The van der Waals surface area contributed by atoms with Gasteiger partial charge in [-0.05, 0) is 13.0 Å². The molecule has 9 heteroatoms. The highest BCUT2D eigenvalue weighted by molar-refractivity contribution is 7.20. The summed E-state index contributed by atoms with van der Waals surface area (Å²) < 4.78 is 5.35. The molecule has 1 amide bonds. The van der Waals surface area contributed by atoms with Crippen LogP contribution in [0.5, 0.6) is 0 Å². The molecule has 0 saturated heterocycles. The van der Waals surface area contributed by atoms with Crippen LogP contribution in [0.2, 0.25) is 8.67 Å². The second-order valence-corrected chi connectivity index (χ2v) is 6.90. The van der Waals surface area contributed by atoms with Crippen LogP contribution in [0.3, 0.4) is 0 Å². The van der Waals surface area contributed by atoms with Crippen LogP contribution in [0.1, 0.15) is 25.7 Å². The van der Waals surface area contributed by atoms with Gasteiger partial charge < -0.3 is 4.74 Å². The molecule has 0 saturated carbocycles. The van der Waals surface area contributed by atoms with Gasteiger partial charge in [0.05, 0.1) is 22.7 Å². The number of anilines is 1. The van der Waals surface area contributed by atoms with Gasteiger partial charge in [-0.1, -0.05) is 34.5 Å². The molecule has 0 bridgehead atoms. The average molecular weight is 351 g/mol. The highest BCUT2D eigenvalue weighted by atomic mass is 35.5. The lowest BCUT2D eigenvalue weighted by atomic mass is 10.3. The standard InChI is InChI=1S/C11H8Cl2N2O3S2/c1-4-7(10(17)18-2)20-11(14-4)15-9(16)5-3-6(12)19-8(5)13/h3H,1-2H3,(H,14,15,16). The van der Waals surface area contributed by atoms with E-state index < -0.39 is 11.9 Å². The van der Waals surface area contributed by atoms with Crippen LogP contribution < -0.4 is 5.32 Å². The number of thiazole rings is 1. The molecular formula is C11H8Cl2N2O3S2. The number of hydrogen-bond acceptors (Lipinski definition) is 6. The first-order valence-electron chi connectivity index (χ1n) is 5.24. The van der Waals surface area contributed by atoms with Crippen molar-refractivity contribution in [2.45, 2.75) is 6.92 Å². The Morgan fingerprint density at radius 2 is 2.05 bits per heavy atom. The van der Waals surface area contributed by atoms with E-state index in [4.69, 9.17) is 23.2 Å². The number of thiophene rings is 1. The van der Waals surface area contributed by atoms with Crippen molar-refractivity contribution in [1.29, 1.82) is 0 Å². The van der Waals surface area contributed by atoms with Gasteiger partial charge in [-0.15, -0.1) is 11.3 Å². The number of nitrogens with one attached hydrogen (secondary N) is 1. The summed E-state index contributed by atoms with van der Waals surface area (Å²) in [6.07, 6.45) is 0. The first-order chi connectivity index (χ1) is 9.42. The van der Waals surface area contributed by atoms with Crippen LogP contribution in [-0.2, 0) is 4.74 Å². The fourth-order valence-corrected chi connectivity index (χ4v) is 3.73. The lowest BCUT2D eigenvalue weighted by molar-refractivity contribution is 0.0605. The highest BCUT2D eigenvalue weighted by Crippen LogP contribution is 2.32. The molecule has 0 aliphatic carbocycles. The second kappa shape index (κ2) is 6.09. The zero-order valence-electron chi connectivity index (χ0n) is 10.3. The molecule has 20 heavy (non-hydrogen) atoms. The fraction of sp³-hybridized carbons (Fsp3) is 0.182. The van der Waals surface area contributed by atoms with Crippen LogP contribution in [-0.4, -0.2) is 24.0 Å². The van der Waals surface area contributed by atoms with Gasteiger partial charge >= 0.3 is 5.97 Å². The van der Waals surface area contributed by atoms with Crippen molar-refractivity contribution in [3.05, 3.63) is 30.9 Å². The predicted molar refractivity (Wildman–Crippen MR) is 80.5 cm³/mol. The molecule has 2 rings (SSSR count). The van der Waals surface area contributed by atoms with E-state index in [1.165, 1.54) is 13.2 Å². The molecule has 2 heterocycles. The van der Waals surface area contributed by atoms with Gasteiger partial charge in [-0.25, -0.2) is 9.78 Å². The Morgan fingerprint density at radius 3 is 2.60 bits per heavy atom. The Hall–Kier alpha value is -1.15. The van der Waals surface area contributed by atoms with Crippen molar-refractivity contribution < 1.29 is 14.3 Å². The van der Waals surface area contributed by atoms with Crippen LogP contribution >= 0.6 is 45.9 Å². The Kier molecular flexibility index (Phi) is 4.64. The topological polar surface area (TPSA) is 68.3 Å². The quantitative estimate of drug-likeness (QED) is 0.853. The summed E-state index contributed by atoms with van der Waals surface area (Å²) in [6, 6.07) is 1.48. The minimum absolute atomic E-state index is 0.272. The van der Waals surface area contributed by atoms with Gasteiger partial charge in [0.15, 0.2) is 5.13 Å². The molecule has 1 N–H and O–H groups in total. The molecular weight excluding hydrogens is 343 g/mol. The number of nitrogens with zero attached hydrogens (tertiary/aromatic N) is 1. The summed E-state index contributed by atoms with van der Waals surface area (Å²) in [7, 11) is 1.28. The van der Waals surface area contributed by atoms with Gasteiger partial charge in [-0.2, -0.15) is 0 Å². The Labute approximate surface area is 132 Å². The van der Waals surface area contributed by atoms with E-state index in [1.807, 2.05) is 0 Å². The zero-order chi connectivity index (χ0) is 14.9. The summed E-state index contributed by atoms with van der Waals surface area (Å²) in [6.45, 7) is 1.66. The molecule has 0 spiro atoms. The summed E-state index contributed by atoms with van der Waals surface area (Å²) in [5, 5.41) is 2.87. The number of ether oxygens (including phenoxy) is 1. The largest absolute Gasteiger partial charge is 0.465 e. The van der Waals surface area contributed by atoms with Crippen LogP contribution in [0.15, 0.2) is 6.07 Å². The number of methoxy groups -OCH3 is 1. The van der Waals surface area contributed by atoms with Crippen molar-refractivity contribution in [2.24, 2.45) is 0 Å². The number of halogens is 2. The van der Waals surface area contributed by atoms with Gasteiger partial charge in [-0.3, -0.25) is 10.1 Å². The molecule has 0 radical (unpaired) electrons. The van der Waals surface area contributed by atoms with Crippen LogP contribution in [0.4, 0.5) is 5.13 Å². The van der Waals surface area contributed by atoms with Gasteiger partial charge in [0, 0.05) is 0 Å². The minimum atomic E-state index is -0.489.